The molecule has 4 aromatic heterocycles. The van der Waals surface area contributed by atoms with E-state index in [4.69, 9.17) is 28.8 Å². The highest BCUT2D eigenvalue weighted by Crippen LogP contribution is 2.51. The number of anilines is 2. The molecule has 2 aliphatic heterocycles. The fourth-order valence-electron chi connectivity index (χ4n) is 7.83. The molecule has 0 amide bonds. The molecular weight excluding hydrogens is 738 g/mol. The van der Waals surface area contributed by atoms with E-state index < -0.39 is 0 Å². The lowest BCUT2D eigenvalue weighted by Crippen LogP contribution is -2.45. The summed E-state index contributed by atoms with van der Waals surface area (Å²) in [5, 5.41) is 14.4. The third-order valence-electron chi connectivity index (χ3n) is 10.6. The van der Waals surface area contributed by atoms with Gasteiger partial charge in [0.25, 0.3) is 0 Å². The van der Waals surface area contributed by atoms with Gasteiger partial charge in [-0.1, -0.05) is 35.5 Å². The zero-order chi connectivity index (χ0) is 32.6. The molecule has 50 heavy (non-hydrogen) atoms. The quantitative estimate of drug-likeness (QED) is 0.182. The van der Waals surface area contributed by atoms with Crippen LogP contribution in [-0.4, -0.2) is 56.2 Å². The number of nitrogens with two attached hydrogens (primary N) is 3. The zero-order valence-corrected chi connectivity index (χ0v) is 31.5. The van der Waals surface area contributed by atoms with E-state index in [1.807, 2.05) is 24.5 Å². The van der Waals surface area contributed by atoms with Crippen molar-refractivity contribution in [1.82, 2.24) is 30.2 Å². The number of rotatable bonds is 4. The summed E-state index contributed by atoms with van der Waals surface area (Å²) in [7, 11) is 0. The monoisotopic (exact) mass is 780 g/mol. The van der Waals surface area contributed by atoms with E-state index >= 15 is 0 Å². The van der Waals surface area contributed by atoms with Gasteiger partial charge < -0.3 is 32.5 Å². The SMILES string of the molecule is Cl.Cl.Cl.N[C@@H]1c2cccnc2CC12CCNCC2.Nc1nccc(Sc2cnc(N3CCC4(CC3)Cc3ncccc3[C@H]4N)c(CO)n2)c1Cl. The number of aromatic nitrogens is 5. The van der Waals surface area contributed by atoms with Crippen LogP contribution in [0.25, 0.3) is 0 Å². The van der Waals surface area contributed by atoms with Crippen LogP contribution in [0.15, 0.2) is 65.0 Å². The van der Waals surface area contributed by atoms with E-state index in [9.17, 15) is 5.11 Å². The van der Waals surface area contributed by atoms with Gasteiger partial charge in [-0.05, 0) is 91.8 Å². The second-order valence-electron chi connectivity index (χ2n) is 13.1. The Balaban J connectivity index is 0.000000263. The molecule has 4 aliphatic rings. The lowest BCUT2D eigenvalue weighted by molar-refractivity contribution is 0.173. The van der Waals surface area contributed by atoms with Crippen LogP contribution in [0.4, 0.5) is 11.6 Å². The summed E-state index contributed by atoms with van der Waals surface area (Å²) in [6.07, 6.45) is 13.3. The molecule has 0 radical (unpaired) electrons. The van der Waals surface area contributed by atoms with Gasteiger partial charge in [-0.2, -0.15) is 0 Å². The normalized spacial score (nSPS) is 20.8. The van der Waals surface area contributed by atoms with Crippen molar-refractivity contribution in [2.24, 2.45) is 22.3 Å². The molecule has 0 saturated carbocycles. The topological polar surface area (TPSA) is 178 Å². The Morgan fingerprint density at radius 1 is 0.840 bits per heavy atom. The van der Waals surface area contributed by atoms with E-state index in [0.717, 1.165) is 62.5 Å². The van der Waals surface area contributed by atoms with Crippen LogP contribution in [-0.2, 0) is 19.4 Å². The molecule has 8 N–H and O–H groups in total. The molecule has 4 aromatic rings. The third kappa shape index (κ3) is 7.65. The first-order valence-corrected chi connectivity index (χ1v) is 17.4. The number of hydrogen-bond acceptors (Lipinski definition) is 12. The Morgan fingerprint density at radius 2 is 1.42 bits per heavy atom. The molecule has 2 saturated heterocycles. The average molecular weight is 783 g/mol. The largest absolute Gasteiger partial charge is 0.390 e. The fraction of sp³-hybridized carbons (Fsp3) is 0.441. The van der Waals surface area contributed by atoms with Crippen molar-refractivity contribution < 1.29 is 5.11 Å². The average Bonchev–Trinajstić information content (AvgIpc) is 3.53. The Kier molecular flexibility index (Phi) is 13.6. The molecule has 2 spiro atoms. The molecule has 0 aromatic carbocycles. The van der Waals surface area contributed by atoms with Gasteiger partial charge in [0.2, 0.25) is 0 Å². The molecule has 2 atom stereocenters. The summed E-state index contributed by atoms with van der Waals surface area (Å²) in [5.74, 6) is 0.989. The van der Waals surface area contributed by atoms with Crippen molar-refractivity contribution in [2.75, 3.05) is 36.8 Å². The van der Waals surface area contributed by atoms with Crippen molar-refractivity contribution in [3.8, 4) is 0 Å². The van der Waals surface area contributed by atoms with Gasteiger partial charge in [-0.3, -0.25) is 9.97 Å². The molecule has 2 fully saturated rings. The minimum absolute atomic E-state index is 0. The number of fused-ring (bicyclic) bond motifs is 2. The Bertz CT molecular complexity index is 1760. The van der Waals surface area contributed by atoms with Crippen LogP contribution in [0.1, 0.15) is 66.0 Å². The molecular formula is C34H44Cl4N10OS. The summed E-state index contributed by atoms with van der Waals surface area (Å²) in [6, 6.07) is 10.2. The molecule has 16 heteroatoms. The Hall–Kier alpha value is -2.52. The Labute approximate surface area is 320 Å². The number of aliphatic hydroxyl groups excluding tert-OH is 1. The molecule has 0 unspecified atom stereocenters. The van der Waals surface area contributed by atoms with Crippen molar-refractivity contribution >= 4 is 72.2 Å². The van der Waals surface area contributed by atoms with Gasteiger partial charge >= 0.3 is 0 Å². The van der Waals surface area contributed by atoms with Crippen LogP contribution in [0, 0.1) is 10.8 Å². The maximum absolute atomic E-state index is 9.98. The number of hydrogen-bond donors (Lipinski definition) is 5. The first kappa shape index (κ1) is 40.3. The minimum Gasteiger partial charge on any atom is -0.390 e. The molecule has 0 bridgehead atoms. The summed E-state index contributed by atoms with van der Waals surface area (Å²) >= 11 is 7.59. The van der Waals surface area contributed by atoms with Gasteiger partial charge in [0, 0.05) is 60.0 Å². The van der Waals surface area contributed by atoms with E-state index in [0.29, 0.717) is 27.0 Å². The van der Waals surface area contributed by atoms with Gasteiger partial charge in [0.15, 0.2) is 5.82 Å². The van der Waals surface area contributed by atoms with E-state index in [1.165, 1.54) is 41.4 Å². The van der Waals surface area contributed by atoms with Crippen molar-refractivity contribution in [3.05, 3.63) is 88.4 Å². The van der Waals surface area contributed by atoms with Crippen molar-refractivity contribution in [3.63, 3.8) is 0 Å². The predicted molar refractivity (Wildman–Crippen MR) is 206 cm³/mol. The number of halogens is 4. The van der Waals surface area contributed by atoms with E-state index in [-0.39, 0.29) is 67.1 Å². The molecule has 2 aliphatic carbocycles. The minimum atomic E-state index is -0.195. The number of nitrogen functional groups attached to an aromatic ring is 1. The molecule has 6 heterocycles. The van der Waals surface area contributed by atoms with Gasteiger partial charge in [-0.25, -0.2) is 15.0 Å². The van der Waals surface area contributed by atoms with Gasteiger partial charge in [0.1, 0.15) is 16.5 Å². The number of piperidine rings is 2. The summed E-state index contributed by atoms with van der Waals surface area (Å²) in [4.78, 5) is 25.2. The van der Waals surface area contributed by atoms with Crippen LogP contribution < -0.4 is 27.4 Å². The number of pyridine rings is 3. The van der Waals surface area contributed by atoms with Crippen molar-refractivity contribution in [1.29, 1.82) is 0 Å². The maximum Gasteiger partial charge on any atom is 0.152 e. The van der Waals surface area contributed by atoms with E-state index in [2.05, 4.69) is 47.3 Å². The fourth-order valence-corrected chi connectivity index (χ4v) is 8.87. The lowest BCUT2D eigenvalue weighted by atomic mass is 9.73. The van der Waals surface area contributed by atoms with Crippen LogP contribution in [0.2, 0.25) is 5.02 Å². The van der Waals surface area contributed by atoms with E-state index in [1.54, 1.807) is 18.5 Å². The molecule has 270 valence electrons. The summed E-state index contributed by atoms with van der Waals surface area (Å²) in [6.45, 7) is 3.62. The smallest absolute Gasteiger partial charge is 0.152 e. The van der Waals surface area contributed by atoms with Gasteiger partial charge in [0.05, 0.1) is 17.8 Å². The highest BCUT2D eigenvalue weighted by atomic mass is 35.5. The van der Waals surface area contributed by atoms with Crippen LogP contribution >= 0.6 is 60.6 Å². The lowest BCUT2D eigenvalue weighted by Gasteiger charge is -2.42. The standard InChI is InChI=1S/C22H24ClN7OS.C12H17N3.3ClH/c23-18-16(3-7-27-20(18)25)32-17-11-28-21(15(12-31)29-17)30-8-4-22(5-9-30)10-14-13(19(22)24)2-1-6-26-14;13-11-9-2-1-5-15-10(9)8-12(11)3-6-14-7-4-12;;;/h1-3,6-7,11,19,31H,4-5,8-10,12,24H2,(H2,25,27);1-2,5,11,14H,3-4,6-8,13H2;3*1H/t19-;11-;;;/m11.../s1. The second kappa shape index (κ2) is 16.9. The Morgan fingerprint density at radius 3 is 1.98 bits per heavy atom. The van der Waals surface area contributed by atoms with Crippen LogP contribution in [0.3, 0.4) is 0 Å². The number of nitrogens with one attached hydrogen (secondary N) is 1. The van der Waals surface area contributed by atoms with Gasteiger partial charge in [-0.15, -0.1) is 37.2 Å². The zero-order valence-electron chi connectivity index (χ0n) is 27.5. The highest BCUT2D eigenvalue weighted by Gasteiger charge is 2.47. The second-order valence-corrected chi connectivity index (χ2v) is 14.5. The maximum atomic E-state index is 9.98. The number of aliphatic hydroxyl groups is 1. The molecule has 11 nitrogen and oxygen atoms in total. The summed E-state index contributed by atoms with van der Waals surface area (Å²) in [5.41, 5.74) is 24.5. The highest BCUT2D eigenvalue weighted by molar-refractivity contribution is 7.99. The summed E-state index contributed by atoms with van der Waals surface area (Å²) < 4.78 is 0. The first-order valence-electron chi connectivity index (χ1n) is 16.2. The first-order chi connectivity index (χ1) is 22.8. The molecule has 8 rings (SSSR count). The predicted octanol–water partition coefficient (Wildman–Crippen LogP) is 5.26. The third-order valence-corrected chi connectivity index (χ3v) is 12.1. The van der Waals surface area contributed by atoms with Crippen molar-refractivity contribution in [2.45, 2.75) is 67.1 Å². The number of nitrogens with zero attached hydrogens (tertiary/aromatic N) is 6. The van der Waals surface area contributed by atoms with Crippen LogP contribution in [0.5, 0.6) is 0 Å².